The minimum absolute atomic E-state index is 0.151. The summed E-state index contributed by atoms with van der Waals surface area (Å²) in [5.74, 6) is 1.15. The van der Waals surface area contributed by atoms with Gasteiger partial charge in [-0.2, -0.15) is 0 Å². The molecule has 0 heterocycles. The van der Waals surface area contributed by atoms with Crippen LogP contribution in [0.2, 0.25) is 0 Å². The van der Waals surface area contributed by atoms with E-state index in [1.165, 1.54) is 12.8 Å². The molecule has 2 N–H and O–H groups in total. The first-order valence-electron chi connectivity index (χ1n) is 6.15. The molecule has 0 bridgehead atoms. The van der Waals surface area contributed by atoms with Crippen molar-refractivity contribution in [1.29, 1.82) is 0 Å². The molecule has 0 aromatic carbocycles. The Morgan fingerprint density at radius 1 is 1.47 bits per heavy atom. The van der Waals surface area contributed by atoms with Crippen LogP contribution >= 0.6 is 0 Å². The van der Waals surface area contributed by atoms with Crippen LogP contribution in [-0.4, -0.2) is 29.4 Å². The van der Waals surface area contributed by atoms with Crippen LogP contribution in [0.5, 0.6) is 0 Å². The van der Waals surface area contributed by atoms with Gasteiger partial charge in [-0.15, -0.1) is 0 Å². The van der Waals surface area contributed by atoms with Crippen LogP contribution in [0.1, 0.15) is 39.5 Å². The van der Waals surface area contributed by atoms with E-state index in [0.29, 0.717) is 17.9 Å². The molecule has 1 amide bonds. The van der Waals surface area contributed by atoms with Gasteiger partial charge in [0, 0.05) is 18.6 Å². The molecule has 86 valence electrons. The van der Waals surface area contributed by atoms with Crippen molar-refractivity contribution in [2.45, 2.75) is 51.6 Å². The first-order chi connectivity index (χ1) is 7.09. The highest BCUT2D eigenvalue weighted by molar-refractivity contribution is 5.83. The van der Waals surface area contributed by atoms with Gasteiger partial charge in [0.1, 0.15) is 0 Å². The molecule has 2 fully saturated rings. The van der Waals surface area contributed by atoms with Crippen LogP contribution in [0.15, 0.2) is 0 Å². The van der Waals surface area contributed by atoms with E-state index in [9.17, 15) is 4.79 Å². The fourth-order valence-electron chi connectivity index (χ4n) is 1.97. The first kappa shape index (κ1) is 10.9. The molecule has 0 radical (unpaired) electrons. The average molecular weight is 210 g/mol. The van der Waals surface area contributed by atoms with Gasteiger partial charge in [-0.25, -0.2) is 0 Å². The maximum absolute atomic E-state index is 12.1. The van der Waals surface area contributed by atoms with Crippen LogP contribution in [-0.2, 0) is 4.79 Å². The summed E-state index contributed by atoms with van der Waals surface area (Å²) in [5.41, 5.74) is 5.73. The molecule has 2 aliphatic carbocycles. The molecule has 0 aromatic heterocycles. The van der Waals surface area contributed by atoms with Crippen molar-refractivity contribution >= 4 is 5.91 Å². The fourth-order valence-corrected chi connectivity index (χ4v) is 1.97. The van der Waals surface area contributed by atoms with Crippen molar-refractivity contribution in [2.75, 3.05) is 6.54 Å². The molecule has 2 aliphatic rings. The first-order valence-corrected chi connectivity index (χ1v) is 6.15. The van der Waals surface area contributed by atoms with Crippen LogP contribution in [0.3, 0.4) is 0 Å². The van der Waals surface area contributed by atoms with Crippen molar-refractivity contribution in [3.05, 3.63) is 0 Å². The molecule has 0 aromatic rings. The summed E-state index contributed by atoms with van der Waals surface area (Å²) in [6, 6.07) is 0.696. The summed E-state index contributed by atoms with van der Waals surface area (Å²) in [6.45, 7) is 5.35. The Balaban J connectivity index is 1.85. The average Bonchev–Trinajstić information content (AvgIpc) is 3.00. The number of rotatable bonds is 5. The molecule has 0 spiro atoms. The van der Waals surface area contributed by atoms with Crippen molar-refractivity contribution < 1.29 is 4.79 Å². The SMILES string of the molecule is CC(C)CCN(C(=O)C1CC1N)C1CC1. The normalized spacial score (nSPS) is 29.3. The van der Waals surface area contributed by atoms with Gasteiger partial charge in [-0.1, -0.05) is 13.8 Å². The highest BCUT2D eigenvalue weighted by Crippen LogP contribution is 2.35. The monoisotopic (exact) mass is 210 g/mol. The van der Waals surface area contributed by atoms with E-state index < -0.39 is 0 Å². The fraction of sp³-hybridized carbons (Fsp3) is 0.917. The number of hydrogen-bond donors (Lipinski definition) is 1. The Kier molecular flexibility index (Phi) is 3.01. The topological polar surface area (TPSA) is 46.3 Å². The van der Waals surface area contributed by atoms with Crippen LogP contribution in [0.4, 0.5) is 0 Å². The Morgan fingerprint density at radius 3 is 2.47 bits per heavy atom. The lowest BCUT2D eigenvalue weighted by atomic mass is 10.1. The van der Waals surface area contributed by atoms with Gasteiger partial charge < -0.3 is 10.6 Å². The molecule has 2 saturated carbocycles. The second-order valence-corrected chi connectivity index (χ2v) is 5.45. The zero-order chi connectivity index (χ0) is 11.0. The zero-order valence-corrected chi connectivity index (χ0v) is 9.78. The maximum Gasteiger partial charge on any atom is 0.227 e. The van der Waals surface area contributed by atoms with Crippen molar-refractivity contribution in [1.82, 2.24) is 4.90 Å². The largest absolute Gasteiger partial charge is 0.339 e. The summed E-state index contributed by atoms with van der Waals surface area (Å²) in [6.07, 6.45) is 4.42. The molecular weight excluding hydrogens is 188 g/mol. The third-order valence-electron chi connectivity index (χ3n) is 3.38. The van der Waals surface area contributed by atoms with Gasteiger partial charge in [-0.05, 0) is 31.6 Å². The molecular formula is C12H22N2O. The zero-order valence-electron chi connectivity index (χ0n) is 9.78. The van der Waals surface area contributed by atoms with Gasteiger partial charge in [0.2, 0.25) is 5.91 Å². The number of carbonyl (C=O) groups excluding carboxylic acids is 1. The lowest BCUT2D eigenvalue weighted by molar-refractivity contribution is -0.133. The Morgan fingerprint density at radius 2 is 2.07 bits per heavy atom. The van der Waals surface area contributed by atoms with Crippen LogP contribution in [0, 0.1) is 11.8 Å². The minimum Gasteiger partial charge on any atom is -0.339 e. The summed E-state index contributed by atoms with van der Waals surface area (Å²) < 4.78 is 0. The van der Waals surface area contributed by atoms with Crippen LogP contribution < -0.4 is 5.73 Å². The lowest BCUT2D eigenvalue weighted by Crippen LogP contribution is -2.36. The van der Waals surface area contributed by atoms with Gasteiger partial charge in [0.15, 0.2) is 0 Å². The molecule has 2 rings (SSSR count). The van der Waals surface area contributed by atoms with E-state index in [1.807, 2.05) is 0 Å². The highest BCUT2D eigenvalue weighted by atomic mass is 16.2. The molecule has 0 aliphatic heterocycles. The molecule has 15 heavy (non-hydrogen) atoms. The third kappa shape index (κ3) is 2.71. The van der Waals surface area contributed by atoms with Crippen molar-refractivity contribution in [3.63, 3.8) is 0 Å². The molecule has 2 unspecified atom stereocenters. The van der Waals surface area contributed by atoms with Crippen molar-refractivity contribution in [2.24, 2.45) is 17.6 Å². The molecule has 0 saturated heterocycles. The Labute approximate surface area is 92.0 Å². The predicted molar refractivity (Wildman–Crippen MR) is 60.3 cm³/mol. The van der Waals surface area contributed by atoms with E-state index in [2.05, 4.69) is 18.7 Å². The summed E-state index contributed by atoms with van der Waals surface area (Å²) >= 11 is 0. The lowest BCUT2D eigenvalue weighted by Gasteiger charge is -2.23. The summed E-state index contributed by atoms with van der Waals surface area (Å²) in [4.78, 5) is 14.2. The van der Waals surface area contributed by atoms with Crippen molar-refractivity contribution in [3.8, 4) is 0 Å². The predicted octanol–water partition coefficient (Wildman–Crippen LogP) is 1.37. The number of nitrogens with zero attached hydrogens (tertiary/aromatic N) is 1. The third-order valence-corrected chi connectivity index (χ3v) is 3.38. The van der Waals surface area contributed by atoms with Gasteiger partial charge in [0.05, 0.1) is 5.92 Å². The Hall–Kier alpha value is -0.570. The summed E-state index contributed by atoms with van der Waals surface area (Å²) in [7, 11) is 0. The molecule has 2 atom stereocenters. The second kappa shape index (κ2) is 4.12. The Bertz CT molecular complexity index is 248. The second-order valence-electron chi connectivity index (χ2n) is 5.45. The van der Waals surface area contributed by atoms with E-state index in [-0.39, 0.29) is 12.0 Å². The van der Waals surface area contributed by atoms with Gasteiger partial charge >= 0.3 is 0 Å². The van der Waals surface area contributed by atoms with Gasteiger partial charge in [0.25, 0.3) is 0 Å². The van der Waals surface area contributed by atoms with E-state index in [4.69, 9.17) is 5.73 Å². The molecule has 3 nitrogen and oxygen atoms in total. The smallest absolute Gasteiger partial charge is 0.227 e. The standard InChI is InChI=1S/C12H22N2O/c1-8(2)5-6-14(9-3-4-9)12(15)10-7-11(10)13/h8-11H,3-7,13H2,1-2H3. The van der Waals surface area contributed by atoms with E-state index in [0.717, 1.165) is 19.4 Å². The minimum atomic E-state index is 0.151. The molecule has 3 heteroatoms. The van der Waals surface area contributed by atoms with Crippen LogP contribution in [0.25, 0.3) is 0 Å². The van der Waals surface area contributed by atoms with E-state index in [1.54, 1.807) is 0 Å². The summed E-state index contributed by atoms with van der Waals surface area (Å²) in [5, 5.41) is 0. The number of carbonyl (C=O) groups is 1. The number of nitrogens with two attached hydrogens (primary N) is 1. The number of hydrogen-bond acceptors (Lipinski definition) is 2. The van der Waals surface area contributed by atoms with Gasteiger partial charge in [-0.3, -0.25) is 4.79 Å². The number of amides is 1. The van der Waals surface area contributed by atoms with E-state index >= 15 is 0 Å². The maximum atomic E-state index is 12.1. The highest BCUT2D eigenvalue weighted by Gasteiger charge is 2.45. The quantitative estimate of drug-likeness (QED) is 0.745.